The van der Waals surface area contributed by atoms with Gasteiger partial charge >= 0.3 is 0 Å². The second kappa shape index (κ2) is 14.0. The summed E-state index contributed by atoms with van der Waals surface area (Å²) >= 11 is 0. The molecule has 9 aromatic carbocycles. The molecule has 4 aromatic heterocycles. The minimum atomic E-state index is 0.587. The van der Waals surface area contributed by atoms with Gasteiger partial charge in [0, 0.05) is 54.7 Å². The lowest BCUT2D eigenvalue weighted by Crippen LogP contribution is -2.00. The zero-order chi connectivity index (χ0) is 41.4. The molecule has 0 spiro atoms. The van der Waals surface area contributed by atoms with Gasteiger partial charge in [-0.25, -0.2) is 15.0 Å². The third-order valence-corrected chi connectivity index (χ3v) is 12.4. The second-order valence-electron chi connectivity index (χ2n) is 16.0. The molecule has 0 bridgehead atoms. The molecule has 0 radical (unpaired) electrons. The van der Waals surface area contributed by atoms with Crippen molar-refractivity contribution in [1.82, 2.24) is 24.1 Å². The van der Waals surface area contributed by atoms with E-state index in [4.69, 9.17) is 19.4 Å². The summed E-state index contributed by atoms with van der Waals surface area (Å²) in [4.78, 5) is 15.3. The van der Waals surface area contributed by atoms with Gasteiger partial charge in [-0.2, -0.15) is 0 Å². The van der Waals surface area contributed by atoms with E-state index in [-0.39, 0.29) is 0 Å². The predicted octanol–water partition coefficient (Wildman–Crippen LogP) is 14.6. The van der Waals surface area contributed by atoms with Crippen molar-refractivity contribution >= 4 is 65.6 Å². The van der Waals surface area contributed by atoms with Crippen molar-refractivity contribution < 1.29 is 4.42 Å². The van der Waals surface area contributed by atoms with Crippen LogP contribution >= 0.6 is 0 Å². The van der Waals surface area contributed by atoms with Crippen LogP contribution in [0.5, 0.6) is 0 Å². The zero-order valence-corrected chi connectivity index (χ0v) is 33.9. The van der Waals surface area contributed by atoms with Crippen LogP contribution in [0.3, 0.4) is 0 Å². The molecule has 6 heteroatoms. The Labute approximate surface area is 361 Å². The van der Waals surface area contributed by atoms with E-state index < -0.39 is 0 Å². The quantitative estimate of drug-likeness (QED) is 0.168. The van der Waals surface area contributed by atoms with E-state index >= 15 is 0 Å². The van der Waals surface area contributed by atoms with Crippen molar-refractivity contribution in [2.75, 3.05) is 0 Å². The zero-order valence-electron chi connectivity index (χ0n) is 33.9. The third-order valence-electron chi connectivity index (χ3n) is 12.4. The van der Waals surface area contributed by atoms with Crippen molar-refractivity contribution in [2.24, 2.45) is 0 Å². The summed E-state index contributed by atoms with van der Waals surface area (Å²) in [6.07, 6.45) is 0. The molecule has 0 N–H and O–H groups in total. The first-order valence-corrected chi connectivity index (χ1v) is 21.2. The van der Waals surface area contributed by atoms with E-state index in [0.29, 0.717) is 17.5 Å². The fraction of sp³-hybridized carbons (Fsp3) is 0. The Kier molecular flexibility index (Phi) is 7.80. The Bertz CT molecular complexity index is 3830. The fourth-order valence-electron chi connectivity index (χ4n) is 9.58. The van der Waals surface area contributed by atoms with Crippen LogP contribution in [0.1, 0.15) is 0 Å². The Hall–Kier alpha value is -8.61. The molecular formula is C57H35N5O. The largest absolute Gasteiger partial charge is 0.454 e. The Morgan fingerprint density at radius 1 is 0.349 bits per heavy atom. The van der Waals surface area contributed by atoms with Crippen LogP contribution in [0.2, 0.25) is 0 Å². The molecule has 0 unspecified atom stereocenters. The smallest absolute Gasteiger partial charge is 0.164 e. The number of nitrogens with zero attached hydrogens (tertiary/aromatic N) is 5. The first kappa shape index (κ1) is 35.2. The van der Waals surface area contributed by atoms with E-state index in [1.54, 1.807) is 0 Å². The molecule has 0 aliphatic heterocycles. The van der Waals surface area contributed by atoms with Crippen LogP contribution in [0.15, 0.2) is 217 Å². The average molecular weight is 806 g/mol. The number of hydrogen-bond donors (Lipinski definition) is 0. The van der Waals surface area contributed by atoms with Crippen molar-refractivity contribution in [2.45, 2.75) is 0 Å². The standard InChI is InChI=1S/C57H35N5O/c1-5-17-36(18-6-1)39-31-34-48-46(35-39)41-25-13-14-28-47(41)62(48)49-29-15-26-42-43-32-33-44-51-45(27-16-30-50(51)63-54(44)53(43)61(52(42)49)40-23-11-4-12-24-40)57-59-55(37-19-7-2-8-20-37)58-56(60-57)38-21-9-3-10-22-38/h1-35H. The lowest BCUT2D eigenvalue weighted by Gasteiger charge is -2.14. The number of hydrogen-bond acceptors (Lipinski definition) is 4. The SMILES string of the molecule is c1ccc(-c2ccc3c(c2)c2ccccc2n3-c2cccc3c4ccc5c(oc6cccc(-c7nc(-c8ccccc8)nc(-c8ccccc8)n7)c65)c4n(-c4ccccc4)c23)cc1. The Morgan fingerprint density at radius 3 is 1.65 bits per heavy atom. The fourth-order valence-corrected chi connectivity index (χ4v) is 9.58. The maximum Gasteiger partial charge on any atom is 0.164 e. The molecule has 13 aromatic rings. The normalized spacial score (nSPS) is 11.8. The lowest BCUT2D eigenvalue weighted by atomic mass is 10.0. The minimum absolute atomic E-state index is 0.587. The third kappa shape index (κ3) is 5.48. The molecule has 0 aliphatic carbocycles. The highest BCUT2D eigenvalue weighted by Crippen LogP contribution is 2.45. The summed E-state index contributed by atoms with van der Waals surface area (Å²) in [5.74, 6) is 1.82. The van der Waals surface area contributed by atoms with Gasteiger partial charge in [-0.3, -0.25) is 0 Å². The summed E-state index contributed by atoms with van der Waals surface area (Å²) in [5, 5.41) is 6.61. The van der Waals surface area contributed by atoms with E-state index in [1.807, 2.05) is 72.8 Å². The van der Waals surface area contributed by atoms with Crippen LogP contribution in [-0.4, -0.2) is 24.1 Å². The monoisotopic (exact) mass is 805 g/mol. The number of rotatable bonds is 6. The molecule has 4 heterocycles. The molecular weight excluding hydrogens is 771 g/mol. The van der Waals surface area contributed by atoms with E-state index in [2.05, 4.69) is 149 Å². The van der Waals surface area contributed by atoms with Crippen molar-refractivity contribution in [3.8, 4) is 56.7 Å². The van der Waals surface area contributed by atoms with Gasteiger partial charge in [0.15, 0.2) is 23.1 Å². The average Bonchev–Trinajstić information content (AvgIpc) is 4.03. The molecule has 6 nitrogen and oxygen atoms in total. The van der Waals surface area contributed by atoms with Crippen LogP contribution in [0.25, 0.3) is 122 Å². The van der Waals surface area contributed by atoms with Crippen molar-refractivity contribution in [3.05, 3.63) is 212 Å². The van der Waals surface area contributed by atoms with E-state index in [1.165, 1.54) is 21.9 Å². The van der Waals surface area contributed by atoms with E-state index in [9.17, 15) is 0 Å². The topological polar surface area (TPSA) is 61.7 Å². The second-order valence-corrected chi connectivity index (χ2v) is 16.0. The van der Waals surface area contributed by atoms with Gasteiger partial charge in [0.2, 0.25) is 0 Å². The molecule has 63 heavy (non-hydrogen) atoms. The maximum absolute atomic E-state index is 7.08. The number of furan rings is 1. The molecule has 0 amide bonds. The predicted molar refractivity (Wildman–Crippen MR) is 258 cm³/mol. The summed E-state index contributed by atoms with van der Waals surface area (Å²) in [5.41, 5.74) is 13.2. The highest BCUT2D eigenvalue weighted by Gasteiger charge is 2.25. The summed E-state index contributed by atoms with van der Waals surface area (Å²) in [6, 6.07) is 74.4. The number of para-hydroxylation sites is 3. The first-order chi connectivity index (χ1) is 31.3. The summed E-state index contributed by atoms with van der Waals surface area (Å²) < 4.78 is 11.9. The van der Waals surface area contributed by atoms with Gasteiger partial charge in [-0.1, -0.05) is 164 Å². The van der Waals surface area contributed by atoms with Crippen molar-refractivity contribution in [1.29, 1.82) is 0 Å². The van der Waals surface area contributed by atoms with Crippen LogP contribution in [0, 0.1) is 0 Å². The molecule has 0 saturated heterocycles. The van der Waals surface area contributed by atoms with Gasteiger partial charge in [0.25, 0.3) is 0 Å². The molecule has 13 rings (SSSR count). The molecule has 0 fully saturated rings. The number of fused-ring (bicyclic) bond motifs is 10. The van der Waals surface area contributed by atoms with Gasteiger partial charge < -0.3 is 13.6 Å². The molecule has 0 saturated carbocycles. The van der Waals surface area contributed by atoms with Gasteiger partial charge in [0.1, 0.15) is 5.58 Å². The lowest BCUT2D eigenvalue weighted by molar-refractivity contribution is 0.671. The first-order valence-electron chi connectivity index (χ1n) is 21.2. The highest BCUT2D eigenvalue weighted by atomic mass is 16.3. The van der Waals surface area contributed by atoms with Crippen molar-refractivity contribution in [3.63, 3.8) is 0 Å². The Morgan fingerprint density at radius 2 is 0.921 bits per heavy atom. The van der Waals surface area contributed by atoms with Gasteiger partial charge in [-0.15, -0.1) is 0 Å². The molecule has 294 valence electrons. The van der Waals surface area contributed by atoms with Crippen LogP contribution in [0.4, 0.5) is 0 Å². The maximum atomic E-state index is 7.08. The Balaban J connectivity index is 1.10. The summed E-state index contributed by atoms with van der Waals surface area (Å²) in [6.45, 7) is 0. The molecule has 0 aliphatic rings. The van der Waals surface area contributed by atoms with Gasteiger partial charge in [0.05, 0.1) is 27.8 Å². The molecule has 0 atom stereocenters. The number of benzene rings is 9. The van der Waals surface area contributed by atoms with Crippen LogP contribution < -0.4 is 0 Å². The van der Waals surface area contributed by atoms with E-state index in [0.717, 1.165) is 82.8 Å². The van der Waals surface area contributed by atoms with Crippen LogP contribution in [-0.2, 0) is 0 Å². The minimum Gasteiger partial charge on any atom is -0.454 e. The highest BCUT2D eigenvalue weighted by molar-refractivity contribution is 6.24. The number of aromatic nitrogens is 5. The summed E-state index contributed by atoms with van der Waals surface area (Å²) in [7, 11) is 0. The van der Waals surface area contributed by atoms with Gasteiger partial charge in [-0.05, 0) is 59.7 Å².